The zero-order chi connectivity index (χ0) is 15.2. The first-order chi connectivity index (χ1) is 10.1. The summed E-state index contributed by atoms with van der Waals surface area (Å²) in [6.45, 7) is 0. The van der Waals surface area contributed by atoms with Gasteiger partial charge in [-0.1, -0.05) is 42.5 Å². The summed E-state index contributed by atoms with van der Waals surface area (Å²) in [5.74, 6) is -1.45. The number of primary amides is 1. The third-order valence-electron chi connectivity index (χ3n) is 2.98. The zero-order valence-electron chi connectivity index (χ0n) is 11.3. The van der Waals surface area contributed by atoms with E-state index in [1.54, 1.807) is 36.4 Å². The Balaban J connectivity index is 2.07. The van der Waals surface area contributed by atoms with E-state index in [1.807, 2.05) is 0 Å². The molecule has 0 aromatic heterocycles. The second-order valence-corrected chi connectivity index (χ2v) is 4.62. The van der Waals surface area contributed by atoms with Gasteiger partial charge < -0.3 is 11.1 Å². The molecule has 2 aromatic rings. The van der Waals surface area contributed by atoms with Gasteiger partial charge in [0.25, 0.3) is 0 Å². The molecule has 3 N–H and O–H groups in total. The van der Waals surface area contributed by atoms with E-state index in [-0.39, 0.29) is 6.42 Å². The molecule has 0 saturated carbocycles. The first-order valence-corrected chi connectivity index (χ1v) is 6.44. The van der Waals surface area contributed by atoms with Crippen molar-refractivity contribution in [2.75, 3.05) is 0 Å². The van der Waals surface area contributed by atoms with E-state index in [0.29, 0.717) is 11.1 Å². The van der Waals surface area contributed by atoms with Crippen LogP contribution in [0.15, 0.2) is 54.6 Å². The minimum absolute atomic E-state index is 0.0195. The highest BCUT2D eigenvalue weighted by Crippen LogP contribution is 2.12. The van der Waals surface area contributed by atoms with Crippen LogP contribution in [0, 0.1) is 5.82 Å². The van der Waals surface area contributed by atoms with Crippen molar-refractivity contribution >= 4 is 11.8 Å². The average molecular weight is 286 g/mol. The van der Waals surface area contributed by atoms with Gasteiger partial charge in [0.05, 0.1) is 6.42 Å². The standard InChI is InChI=1S/C16H15FN2O2/c17-13-8-4-5-11(9-13)10-14(20)19-15(16(18)21)12-6-2-1-3-7-12/h1-9,15H,10H2,(H2,18,21)(H,19,20)/t15-/m1/s1. The Hall–Kier alpha value is -2.69. The van der Waals surface area contributed by atoms with Crippen LogP contribution in [0.1, 0.15) is 17.2 Å². The number of nitrogens with two attached hydrogens (primary N) is 1. The van der Waals surface area contributed by atoms with Gasteiger partial charge in [-0.05, 0) is 23.3 Å². The zero-order valence-corrected chi connectivity index (χ0v) is 11.3. The minimum atomic E-state index is -0.896. The number of nitrogens with one attached hydrogen (secondary N) is 1. The summed E-state index contributed by atoms with van der Waals surface area (Å²) in [5.41, 5.74) is 6.46. The van der Waals surface area contributed by atoms with Crippen LogP contribution in [0.5, 0.6) is 0 Å². The maximum absolute atomic E-state index is 13.1. The largest absolute Gasteiger partial charge is 0.368 e. The highest BCUT2D eigenvalue weighted by Gasteiger charge is 2.19. The van der Waals surface area contributed by atoms with E-state index in [1.165, 1.54) is 18.2 Å². The summed E-state index contributed by atoms with van der Waals surface area (Å²) < 4.78 is 13.1. The van der Waals surface area contributed by atoms with Crippen LogP contribution in [-0.2, 0) is 16.0 Å². The molecular weight excluding hydrogens is 271 g/mol. The summed E-state index contributed by atoms with van der Waals surface area (Å²) in [5, 5.41) is 2.56. The van der Waals surface area contributed by atoms with E-state index in [0.717, 1.165) is 0 Å². The van der Waals surface area contributed by atoms with Crippen molar-refractivity contribution in [1.82, 2.24) is 5.32 Å². The van der Waals surface area contributed by atoms with Crippen LogP contribution in [0.3, 0.4) is 0 Å². The smallest absolute Gasteiger partial charge is 0.244 e. The quantitative estimate of drug-likeness (QED) is 0.878. The Kier molecular flexibility index (Phi) is 4.66. The normalized spacial score (nSPS) is 11.7. The monoisotopic (exact) mass is 286 g/mol. The van der Waals surface area contributed by atoms with Crippen molar-refractivity contribution in [1.29, 1.82) is 0 Å². The number of hydrogen-bond acceptors (Lipinski definition) is 2. The number of halogens is 1. The lowest BCUT2D eigenvalue weighted by molar-refractivity contribution is -0.127. The number of hydrogen-bond donors (Lipinski definition) is 2. The van der Waals surface area contributed by atoms with Gasteiger partial charge in [0.15, 0.2) is 0 Å². The fraction of sp³-hybridized carbons (Fsp3) is 0.125. The molecule has 0 unspecified atom stereocenters. The molecule has 0 spiro atoms. The van der Waals surface area contributed by atoms with Gasteiger partial charge in [0.2, 0.25) is 11.8 Å². The van der Waals surface area contributed by atoms with E-state index >= 15 is 0 Å². The molecular formula is C16H15FN2O2. The molecule has 1 atom stereocenters. The van der Waals surface area contributed by atoms with Gasteiger partial charge in [-0.3, -0.25) is 9.59 Å². The van der Waals surface area contributed by atoms with E-state index in [9.17, 15) is 14.0 Å². The average Bonchev–Trinajstić information content (AvgIpc) is 2.45. The maximum Gasteiger partial charge on any atom is 0.244 e. The number of amides is 2. The lowest BCUT2D eigenvalue weighted by atomic mass is 10.1. The van der Waals surface area contributed by atoms with Crippen molar-refractivity contribution in [3.8, 4) is 0 Å². The van der Waals surface area contributed by atoms with E-state index < -0.39 is 23.7 Å². The summed E-state index contributed by atoms with van der Waals surface area (Å²) in [6, 6.07) is 13.6. The predicted molar refractivity (Wildman–Crippen MR) is 76.6 cm³/mol. The molecule has 0 radical (unpaired) electrons. The second-order valence-electron chi connectivity index (χ2n) is 4.62. The van der Waals surface area contributed by atoms with E-state index in [4.69, 9.17) is 5.73 Å². The fourth-order valence-electron chi connectivity index (χ4n) is 2.01. The van der Waals surface area contributed by atoms with Gasteiger partial charge in [-0.25, -0.2) is 4.39 Å². The molecule has 0 heterocycles. The summed E-state index contributed by atoms with van der Waals surface area (Å²) in [4.78, 5) is 23.5. The second kappa shape index (κ2) is 6.65. The Morgan fingerprint density at radius 3 is 2.43 bits per heavy atom. The molecule has 0 aliphatic carbocycles. The van der Waals surface area contributed by atoms with Crippen molar-refractivity contribution < 1.29 is 14.0 Å². The Labute approximate surface area is 121 Å². The van der Waals surface area contributed by atoms with Crippen LogP contribution >= 0.6 is 0 Å². The summed E-state index contributed by atoms with van der Waals surface area (Å²) >= 11 is 0. The third kappa shape index (κ3) is 4.14. The molecule has 2 amide bonds. The van der Waals surface area contributed by atoms with Gasteiger partial charge in [-0.15, -0.1) is 0 Å². The summed E-state index contributed by atoms with van der Waals surface area (Å²) in [6.07, 6.45) is -0.0195. The Morgan fingerprint density at radius 1 is 1.10 bits per heavy atom. The van der Waals surface area contributed by atoms with Crippen molar-refractivity contribution in [3.63, 3.8) is 0 Å². The third-order valence-corrected chi connectivity index (χ3v) is 2.98. The number of carbonyl (C=O) groups is 2. The van der Waals surface area contributed by atoms with Crippen LogP contribution in [-0.4, -0.2) is 11.8 Å². The SMILES string of the molecule is NC(=O)[C@H](NC(=O)Cc1cccc(F)c1)c1ccccc1. The van der Waals surface area contributed by atoms with Crippen LogP contribution in [0.25, 0.3) is 0 Å². The van der Waals surface area contributed by atoms with Crippen LogP contribution < -0.4 is 11.1 Å². The first kappa shape index (κ1) is 14.7. The fourth-order valence-corrected chi connectivity index (χ4v) is 2.01. The lowest BCUT2D eigenvalue weighted by Crippen LogP contribution is -2.38. The first-order valence-electron chi connectivity index (χ1n) is 6.44. The van der Waals surface area contributed by atoms with Gasteiger partial charge >= 0.3 is 0 Å². The molecule has 4 nitrogen and oxygen atoms in total. The molecule has 0 aliphatic rings. The highest BCUT2D eigenvalue weighted by atomic mass is 19.1. The molecule has 0 bridgehead atoms. The molecule has 21 heavy (non-hydrogen) atoms. The number of benzene rings is 2. The molecule has 2 aromatic carbocycles. The highest BCUT2D eigenvalue weighted by molar-refractivity contribution is 5.88. The van der Waals surface area contributed by atoms with Gasteiger partial charge in [0, 0.05) is 0 Å². The molecule has 108 valence electrons. The number of rotatable bonds is 5. The molecule has 5 heteroatoms. The van der Waals surface area contributed by atoms with Gasteiger partial charge in [-0.2, -0.15) is 0 Å². The minimum Gasteiger partial charge on any atom is -0.368 e. The van der Waals surface area contributed by atoms with Crippen molar-refractivity contribution in [2.45, 2.75) is 12.5 Å². The van der Waals surface area contributed by atoms with E-state index in [2.05, 4.69) is 5.32 Å². The Bertz CT molecular complexity index is 644. The molecule has 2 rings (SSSR count). The predicted octanol–water partition coefficient (Wildman–Crippen LogP) is 1.71. The lowest BCUT2D eigenvalue weighted by Gasteiger charge is -2.15. The Morgan fingerprint density at radius 2 is 1.81 bits per heavy atom. The maximum atomic E-state index is 13.1. The van der Waals surface area contributed by atoms with Crippen molar-refractivity contribution in [2.24, 2.45) is 5.73 Å². The van der Waals surface area contributed by atoms with Crippen LogP contribution in [0.2, 0.25) is 0 Å². The van der Waals surface area contributed by atoms with Crippen LogP contribution in [0.4, 0.5) is 4.39 Å². The summed E-state index contributed by atoms with van der Waals surface area (Å²) in [7, 11) is 0. The van der Waals surface area contributed by atoms with Crippen molar-refractivity contribution in [3.05, 3.63) is 71.5 Å². The molecule has 0 saturated heterocycles. The molecule has 0 fully saturated rings. The van der Waals surface area contributed by atoms with Gasteiger partial charge in [0.1, 0.15) is 11.9 Å². The molecule has 0 aliphatic heterocycles. The number of carbonyl (C=O) groups excluding carboxylic acids is 2. The topological polar surface area (TPSA) is 72.2 Å².